The zero-order chi connectivity index (χ0) is 6.69. The zero-order valence-electron chi connectivity index (χ0n) is 4.24. The first-order valence-electron chi connectivity index (χ1n) is 2.10. The minimum absolute atomic E-state index is 0.635. The maximum atomic E-state index is 5.44. The van der Waals surface area contributed by atoms with Crippen molar-refractivity contribution in [1.29, 1.82) is 0 Å². The number of hydrogen-bond acceptors (Lipinski definition) is 4. The Balaban J connectivity index is 2.46. The fourth-order valence-electron chi connectivity index (χ4n) is 0.304. The molecule has 0 spiro atoms. The molecule has 1 heterocycles. The molecule has 0 aromatic carbocycles. The Kier molecular flexibility index (Phi) is 2.63. The molecule has 1 aliphatic heterocycles. The highest BCUT2D eigenvalue weighted by Crippen LogP contribution is 2.24. The quantitative estimate of drug-likeness (QED) is 0.355. The van der Waals surface area contributed by atoms with Gasteiger partial charge in [-0.2, -0.15) is 4.41 Å². The first-order valence-corrected chi connectivity index (χ1v) is 3.81. The molecule has 0 amide bonds. The van der Waals surface area contributed by atoms with E-state index < -0.39 is 4.96 Å². The van der Waals surface area contributed by atoms with E-state index in [0.29, 0.717) is 0 Å². The molecule has 0 unspecified atom stereocenters. The Morgan fingerprint density at radius 1 is 1.56 bits per heavy atom. The van der Waals surface area contributed by atoms with Crippen LogP contribution in [0.3, 0.4) is 0 Å². The predicted octanol–water partition coefficient (Wildman–Crippen LogP) is 2.55. The average Bonchev–Trinajstić information content (AvgIpc) is 1.90. The van der Waals surface area contributed by atoms with Crippen molar-refractivity contribution in [3.63, 3.8) is 0 Å². The summed E-state index contributed by atoms with van der Waals surface area (Å²) in [5.74, 6) is 0. The number of hydrogen-bond donors (Lipinski definition) is 0. The summed E-state index contributed by atoms with van der Waals surface area (Å²) in [7, 11) is 0. The van der Waals surface area contributed by atoms with Crippen molar-refractivity contribution in [2.75, 3.05) is 0 Å². The van der Waals surface area contributed by atoms with Gasteiger partial charge in [0.1, 0.15) is 0 Å². The lowest BCUT2D eigenvalue weighted by molar-refractivity contribution is 0.514. The van der Waals surface area contributed by atoms with Crippen molar-refractivity contribution < 1.29 is 0 Å². The summed E-state index contributed by atoms with van der Waals surface area (Å²) >= 11 is 12.2. The summed E-state index contributed by atoms with van der Waals surface area (Å²) in [6.45, 7) is 0. The van der Waals surface area contributed by atoms with Crippen molar-refractivity contribution in [3.8, 4) is 0 Å². The monoisotopic (exact) mass is 183 g/mol. The van der Waals surface area contributed by atoms with Crippen LogP contribution in [0.5, 0.6) is 0 Å². The van der Waals surface area contributed by atoms with Crippen molar-refractivity contribution in [1.82, 2.24) is 4.41 Å². The zero-order valence-corrected chi connectivity index (χ0v) is 6.57. The van der Waals surface area contributed by atoms with Gasteiger partial charge in [0, 0.05) is 17.4 Å². The highest BCUT2D eigenvalue weighted by Gasteiger charge is 2.10. The molecule has 1 aliphatic rings. The Labute approximate surface area is 66.8 Å². The summed E-state index contributed by atoms with van der Waals surface area (Å²) < 4.78 is 1.38. The molecule has 0 radical (unpaired) electrons. The summed E-state index contributed by atoms with van der Waals surface area (Å²) in [6, 6.07) is 0. The molecule has 0 bridgehead atoms. The first-order chi connectivity index (χ1) is 4.30. The Bertz CT molecular complexity index is 146. The van der Waals surface area contributed by atoms with Gasteiger partial charge in [-0.3, -0.25) is 0 Å². The molecule has 0 aliphatic carbocycles. The van der Waals surface area contributed by atoms with Gasteiger partial charge in [-0.25, -0.2) is 0 Å². The van der Waals surface area contributed by atoms with Gasteiger partial charge in [0.05, 0.1) is 6.20 Å². The van der Waals surface area contributed by atoms with Gasteiger partial charge in [0.15, 0.2) is 0 Å². The number of rotatable bonds is 1. The third-order valence-electron chi connectivity index (χ3n) is 0.603. The second-order valence-electron chi connectivity index (χ2n) is 1.18. The fourth-order valence-corrected chi connectivity index (χ4v) is 1.07. The van der Waals surface area contributed by atoms with Crippen molar-refractivity contribution >= 4 is 35.1 Å². The summed E-state index contributed by atoms with van der Waals surface area (Å²) in [5, 5.41) is 8.90. The maximum Gasteiger partial charge on any atom is 0.207 e. The summed E-state index contributed by atoms with van der Waals surface area (Å²) in [5.41, 5.74) is 0. The molecule has 3 nitrogen and oxygen atoms in total. The minimum atomic E-state index is -0.635. The van der Waals surface area contributed by atoms with Crippen LogP contribution in [0.25, 0.3) is 0 Å². The molecule has 0 aromatic rings. The largest absolute Gasteiger partial charge is 0.207 e. The molecule has 50 valence electrons. The van der Waals surface area contributed by atoms with Crippen LogP contribution in [-0.4, -0.2) is 9.37 Å². The normalized spacial score (nSPS) is 17.4. The van der Waals surface area contributed by atoms with Crippen LogP contribution in [0, 0.1) is 0 Å². The van der Waals surface area contributed by atoms with Gasteiger partial charge in [-0.1, -0.05) is 28.4 Å². The van der Waals surface area contributed by atoms with E-state index in [1.807, 2.05) is 0 Å². The van der Waals surface area contributed by atoms with Gasteiger partial charge in [-0.05, 0) is 0 Å². The minimum Gasteiger partial charge on any atom is -0.183 e. The number of alkyl halides is 2. The van der Waals surface area contributed by atoms with Crippen LogP contribution in [0.2, 0.25) is 0 Å². The van der Waals surface area contributed by atoms with E-state index in [2.05, 4.69) is 10.3 Å². The number of halogens is 2. The second kappa shape index (κ2) is 3.29. The maximum absolute atomic E-state index is 5.44. The van der Waals surface area contributed by atoms with Crippen LogP contribution in [0.1, 0.15) is 0 Å². The average molecular weight is 184 g/mol. The topological polar surface area (TPSA) is 28.0 Å². The molecule has 1 rings (SSSR count). The van der Waals surface area contributed by atoms with Crippen molar-refractivity contribution in [3.05, 3.63) is 11.6 Å². The lowest BCUT2D eigenvalue weighted by Crippen LogP contribution is -2.11. The highest BCUT2D eigenvalue weighted by atomic mass is 35.5. The van der Waals surface area contributed by atoms with Gasteiger partial charge in [0.2, 0.25) is 4.96 Å². The molecule has 0 aromatic heterocycles. The van der Waals surface area contributed by atoms with E-state index in [4.69, 9.17) is 23.2 Å². The molecule has 0 saturated heterocycles. The van der Waals surface area contributed by atoms with Gasteiger partial charge in [0.25, 0.3) is 0 Å². The van der Waals surface area contributed by atoms with Crippen LogP contribution in [0.15, 0.2) is 21.9 Å². The molecule has 0 N–H and O–H groups in total. The SMILES string of the molecule is ClC(Cl)N1N=NC=CS1. The molecular weight excluding hydrogens is 181 g/mol. The summed E-state index contributed by atoms with van der Waals surface area (Å²) in [4.78, 5) is -0.635. The van der Waals surface area contributed by atoms with Gasteiger partial charge in [-0.15, -0.1) is 5.11 Å². The summed E-state index contributed by atoms with van der Waals surface area (Å²) in [6.07, 6.45) is 1.57. The lowest BCUT2D eigenvalue weighted by atomic mass is 11.1. The van der Waals surface area contributed by atoms with E-state index in [9.17, 15) is 0 Å². The van der Waals surface area contributed by atoms with Crippen molar-refractivity contribution in [2.24, 2.45) is 10.3 Å². The fraction of sp³-hybridized carbons (Fsp3) is 0.333. The van der Waals surface area contributed by atoms with E-state index in [-0.39, 0.29) is 0 Å². The van der Waals surface area contributed by atoms with E-state index in [1.54, 1.807) is 11.6 Å². The van der Waals surface area contributed by atoms with Gasteiger partial charge >= 0.3 is 0 Å². The predicted molar refractivity (Wildman–Crippen MR) is 38.9 cm³/mol. The third-order valence-corrected chi connectivity index (χ3v) is 1.95. The lowest BCUT2D eigenvalue weighted by Gasteiger charge is -2.15. The molecule has 0 fully saturated rings. The molecule has 9 heavy (non-hydrogen) atoms. The van der Waals surface area contributed by atoms with Crippen LogP contribution in [0.4, 0.5) is 0 Å². The smallest absolute Gasteiger partial charge is 0.183 e. The third kappa shape index (κ3) is 2.04. The first kappa shape index (κ1) is 7.18. The van der Waals surface area contributed by atoms with E-state index >= 15 is 0 Å². The molecule has 0 atom stereocenters. The highest BCUT2D eigenvalue weighted by molar-refractivity contribution is 8.00. The van der Waals surface area contributed by atoms with E-state index in [0.717, 1.165) is 0 Å². The second-order valence-corrected chi connectivity index (χ2v) is 3.08. The Morgan fingerprint density at radius 3 is 2.67 bits per heavy atom. The van der Waals surface area contributed by atoms with Crippen molar-refractivity contribution in [2.45, 2.75) is 4.96 Å². The molecular formula is C3H3Cl2N3S. The van der Waals surface area contributed by atoms with Crippen LogP contribution >= 0.6 is 35.1 Å². The van der Waals surface area contributed by atoms with Crippen LogP contribution in [-0.2, 0) is 0 Å². The Morgan fingerprint density at radius 2 is 2.33 bits per heavy atom. The Hall–Kier alpha value is 0.0700. The van der Waals surface area contributed by atoms with E-state index in [1.165, 1.54) is 16.4 Å². The standard InChI is InChI=1S/C3H3Cl2N3S/c4-3(5)8-7-6-1-2-9-8/h1-3H. The van der Waals surface area contributed by atoms with Crippen LogP contribution < -0.4 is 0 Å². The number of nitrogens with zero attached hydrogens (tertiary/aromatic N) is 3. The molecule has 6 heteroatoms. The van der Waals surface area contributed by atoms with Gasteiger partial charge < -0.3 is 0 Å². The molecule has 0 saturated carbocycles.